The molecule has 0 amide bonds. The van der Waals surface area contributed by atoms with Crippen LogP contribution in [0.2, 0.25) is 0 Å². The molecule has 3 rings (SSSR count). The fraction of sp³-hybridized carbons (Fsp3) is 0.615. The highest BCUT2D eigenvalue weighted by atomic mass is 16.5. The van der Waals surface area contributed by atoms with E-state index >= 15 is 0 Å². The minimum atomic E-state index is -0.423. The van der Waals surface area contributed by atoms with E-state index in [0.717, 1.165) is 29.7 Å². The Labute approximate surface area is 181 Å². The standard InChI is InChI=1S/C26H38O4/c1-3-13-30-26-10-9-21(16-22(26)11-12-27)25-6-4-5-20(18(25)2)8-7-19-14-23(28)17-24(29)15-19/h7-10,16,18,23-25,27-29H,3-6,11-15,17H2,1-2H3/b20-8+/t18-,23+,24+,25-/m0/s1. The molecule has 166 valence electrons. The van der Waals surface area contributed by atoms with Crippen LogP contribution in [0.3, 0.4) is 0 Å². The molecule has 0 aliphatic heterocycles. The first-order chi connectivity index (χ1) is 14.5. The highest BCUT2D eigenvalue weighted by Crippen LogP contribution is 2.42. The topological polar surface area (TPSA) is 69.9 Å². The van der Waals surface area contributed by atoms with Crippen molar-refractivity contribution in [3.63, 3.8) is 0 Å². The Bertz CT molecular complexity index is 739. The van der Waals surface area contributed by atoms with Crippen molar-refractivity contribution in [2.24, 2.45) is 5.92 Å². The number of ether oxygens (including phenoxy) is 1. The Morgan fingerprint density at radius 1 is 1.13 bits per heavy atom. The van der Waals surface area contributed by atoms with Gasteiger partial charge in [0.05, 0.1) is 18.8 Å². The molecule has 3 N–H and O–H groups in total. The van der Waals surface area contributed by atoms with Crippen LogP contribution in [0.4, 0.5) is 0 Å². The van der Waals surface area contributed by atoms with Crippen molar-refractivity contribution in [2.45, 2.75) is 83.3 Å². The van der Waals surface area contributed by atoms with Crippen LogP contribution in [0.15, 0.2) is 41.5 Å². The number of benzene rings is 1. The Kier molecular flexibility index (Phi) is 8.55. The normalized spacial score (nSPS) is 28.6. The molecule has 2 saturated carbocycles. The molecule has 0 bridgehead atoms. The second-order valence-corrected chi connectivity index (χ2v) is 8.99. The van der Waals surface area contributed by atoms with Crippen molar-refractivity contribution in [3.8, 4) is 5.75 Å². The summed E-state index contributed by atoms with van der Waals surface area (Å²) in [6, 6.07) is 6.51. The van der Waals surface area contributed by atoms with Crippen LogP contribution >= 0.6 is 0 Å². The van der Waals surface area contributed by atoms with Crippen LogP contribution in [0.25, 0.3) is 0 Å². The predicted molar refractivity (Wildman–Crippen MR) is 121 cm³/mol. The molecule has 2 fully saturated rings. The summed E-state index contributed by atoms with van der Waals surface area (Å²) in [6.45, 7) is 5.23. The monoisotopic (exact) mass is 414 g/mol. The van der Waals surface area contributed by atoms with E-state index in [4.69, 9.17) is 4.74 Å². The summed E-state index contributed by atoms with van der Waals surface area (Å²) in [5.74, 6) is 1.80. The van der Waals surface area contributed by atoms with E-state index in [9.17, 15) is 15.3 Å². The molecule has 0 unspecified atom stereocenters. The minimum Gasteiger partial charge on any atom is -0.493 e. The number of rotatable bonds is 7. The number of aliphatic hydroxyl groups is 3. The molecule has 0 spiro atoms. The quantitative estimate of drug-likeness (QED) is 0.606. The van der Waals surface area contributed by atoms with Crippen molar-refractivity contribution in [1.82, 2.24) is 0 Å². The second kappa shape index (κ2) is 11.1. The molecular weight excluding hydrogens is 376 g/mol. The molecule has 2 aliphatic carbocycles. The van der Waals surface area contributed by atoms with E-state index in [2.05, 4.69) is 44.2 Å². The van der Waals surface area contributed by atoms with Gasteiger partial charge in [0, 0.05) is 6.61 Å². The smallest absolute Gasteiger partial charge is 0.122 e. The maximum Gasteiger partial charge on any atom is 0.122 e. The average Bonchev–Trinajstić information content (AvgIpc) is 2.72. The van der Waals surface area contributed by atoms with Crippen molar-refractivity contribution in [3.05, 3.63) is 52.6 Å². The largest absolute Gasteiger partial charge is 0.493 e. The molecule has 1 aromatic rings. The first-order valence-electron chi connectivity index (χ1n) is 11.6. The third kappa shape index (κ3) is 5.96. The lowest BCUT2D eigenvalue weighted by Crippen LogP contribution is -2.24. The Hall–Kier alpha value is -1.62. The zero-order valence-corrected chi connectivity index (χ0v) is 18.5. The molecular formula is C26H38O4. The van der Waals surface area contributed by atoms with Gasteiger partial charge in [-0.05, 0) is 80.4 Å². The fourth-order valence-electron chi connectivity index (χ4n) is 4.98. The van der Waals surface area contributed by atoms with Crippen LogP contribution in [0, 0.1) is 5.92 Å². The van der Waals surface area contributed by atoms with Crippen molar-refractivity contribution >= 4 is 0 Å². The molecule has 0 heterocycles. The van der Waals surface area contributed by atoms with E-state index in [1.807, 2.05) is 0 Å². The molecule has 0 saturated heterocycles. The number of allylic oxidation sites excluding steroid dienone is 3. The van der Waals surface area contributed by atoms with Gasteiger partial charge in [-0.25, -0.2) is 0 Å². The molecule has 2 aliphatic rings. The zero-order chi connectivity index (χ0) is 21.5. The first kappa shape index (κ1) is 23.1. The van der Waals surface area contributed by atoms with E-state index in [1.54, 1.807) is 0 Å². The summed E-state index contributed by atoms with van der Waals surface area (Å²) in [6.07, 6.45) is 10.4. The van der Waals surface area contributed by atoms with Crippen LogP contribution < -0.4 is 4.74 Å². The van der Waals surface area contributed by atoms with Gasteiger partial charge in [0.25, 0.3) is 0 Å². The first-order valence-corrected chi connectivity index (χ1v) is 11.6. The number of hydrogen-bond acceptors (Lipinski definition) is 4. The lowest BCUT2D eigenvalue weighted by molar-refractivity contribution is 0.0609. The summed E-state index contributed by atoms with van der Waals surface area (Å²) in [4.78, 5) is 0. The van der Waals surface area contributed by atoms with Crippen LogP contribution in [0.1, 0.15) is 75.8 Å². The fourth-order valence-corrected chi connectivity index (χ4v) is 4.98. The van der Waals surface area contributed by atoms with Gasteiger partial charge < -0.3 is 20.1 Å². The molecule has 4 nitrogen and oxygen atoms in total. The minimum absolute atomic E-state index is 0.128. The van der Waals surface area contributed by atoms with Gasteiger partial charge >= 0.3 is 0 Å². The van der Waals surface area contributed by atoms with Gasteiger partial charge in [-0.15, -0.1) is 0 Å². The Morgan fingerprint density at radius 3 is 2.60 bits per heavy atom. The zero-order valence-electron chi connectivity index (χ0n) is 18.5. The summed E-state index contributed by atoms with van der Waals surface area (Å²) >= 11 is 0. The summed E-state index contributed by atoms with van der Waals surface area (Å²) in [7, 11) is 0. The molecule has 4 heteroatoms. The van der Waals surface area contributed by atoms with Gasteiger partial charge in [0.15, 0.2) is 0 Å². The van der Waals surface area contributed by atoms with Gasteiger partial charge in [0.1, 0.15) is 5.75 Å². The van der Waals surface area contributed by atoms with E-state index in [-0.39, 0.29) is 6.61 Å². The van der Waals surface area contributed by atoms with Crippen molar-refractivity contribution in [2.75, 3.05) is 13.2 Å². The maximum absolute atomic E-state index is 9.93. The summed E-state index contributed by atoms with van der Waals surface area (Å²) in [5, 5.41) is 29.3. The van der Waals surface area contributed by atoms with Crippen LogP contribution in [-0.4, -0.2) is 40.7 Å². The van der Waals surface area contributed by atoms with Gasteiger partial charge in [-0.3, -0.25) is 0 Å². The Balaban J connectivity index is 1.77. The number of hydrogen-bond donors (Lipinski definition) is 3. The molecule has 0 aromatic heterocycles. The van der Waals surface area contributed by atoms with Crippen molar-refractivity contribution in [1.29, 1.82) is 0 Å². The van der Waals surface area contributed by atoms with E-state index in [0.29, 0.717) is 44.1 Å². The third-order valence-corrected chi connectivity index (χ3v) is 6.60. The predicted octanol–water partition coefficient (Wildman–Crippen LogP) is 4.67. The molecule has 30 heavy (non-hydrogen) atoms. The average molecular weight is 415 g/mol. The van der Waals surface area contributed by atoms with Crippen molar-refractivity contribution < 1.29 is 20.1 Å². The van der Waals surface area contributed by atoms with Gasteiger partial charge in [-0.2, -0.15) is 0 Å². The molecule has 4 atom stereocenters. The third-order valence-electron chi connectivity index (χ3n) is 6.60. The lowest BCUT2D eigenvalue weighted by atomic mass is 9.73. The van der Waals surface area contributed by atoms with E-state index in [1.165, 1.54) is 24.0 Å². The maximum atomic E-state index is 9.93. The second-order valence-electron chi connectivity index (χ2n) is 8.99. The van der Waals surface area contributed by atoms with Gasteiger partial charge in [-0.1, -0.05) is 49.3 Å². The van der Waals surface area contributed by atoms with Gasteiger partial charge in [0.2, 0.25) is 0 Å². The van der Waals surface area contributed by atoms with E-state index < -0.39 is 12.2 Å². The SMILES string of the molecule is CCCOc1ccc([C@H]2CCC/C(=C\C=C3C[C@@H](O)C[C@H](O)C3)[C@@H]2C)cc1CCO. The Morgan fingerprint density at radius 2 is 1.90 bits per heavy atom. The lowest BCUT2D eigenvalue weighted by Gasteiger charge is -2.32. The molecule has 0 radical (unpaired) electrons. The molecule has 1 aromatic carbocycles. The number of aliphatic hydroxyl groups excluding tert-OH is 3. The van der Waals surface area contributed by atoms with Crippen LogP contribution in [-0.2, 0) is 6.42 Å². The summed E-state index contributed by atoms with van der Waals surface area (Å²) in [5.41, 5.74) is 5.02. The van der Waals surface area contributed by atoms with Crippen LogP contribution in [0.5, 0.6) is 5.75 Å². The highest BCUT2D eigenvalue weighted by Gasteiger charge is 2.27. The summed E-state index contributed by atoms with van der Waals surface area (Å²) < 4.78 is 5.88. The highest BCUT2D eigenvalue weighted by molar-refractivity contribution is 5.40.